The van der Waals surface area contributed by atoms with Crippen molar-refractivity contribution >= 4 is 5.97 Å². The van der Waals surface area contributed by atoms with E-state index in [0.717, 1.165) is 11.6 Å². The fourth-order valence-corrected chi connectivity index (χ4v) is 1.02. The zero-order chi connectivity index (χ0) is 9.14. The predicted octanol–water partition coefficient (Wildman–Crippen LogP) is 0.370. The van der Waals surface area contributed by atoms with Gasteiger partial charge in [0.15, 0.2) is 0 Å². The summed E-state index contributed by atoms with van der Waals surface area (Å²) >= 11 is 0. The van der Waals surface area contributed by atoms with Crippen LogP contribution in [0.3, 0.4) is 0 Å². The second-order valence-corrected chi connectivity index (χ2v) is 2.59. The Bertz CT molecular complexity index is 273. The van der Waals surface area contributed by atoms with Crippen molar-refractivity contribution in [3.8, 4) is 0 Å². The maximum atomic E-state index is 10.3. The molecular weight excluding hydrogens is 158 g/mol. The van der Waals surface area contributed by atoms with Crippen molar-refractivity contribution < 1.29 is 9.90 Å². The number of carboxylic acids is 1. The summed E-state index contributed by atoms with van der Waals surface area (Å²) in [4.78, 5) is 10.3. The van der Waals surface area contributed by atoms with Gasteiger partial charge in [0.1, 0.15) is 11.6 Å². The lowest BCUT2D eigenvalue weighted by molar-refractivity contribution is -0.137. The third kappa shape index (κ3) is 1.81. The average Bonchev–Trinajstić information content (AvgIpc) is 2.28. The summed E-state index contributed by atoms with van der Waals surface area (Å²) in [6.07, 6.45) is 0.111. The number of carboxylic acid groups (broad SMARTS) is 1. The van der Waals surface area contributed by atoms with Gasteiger partial charge in [-0.1, -0.05) is 0 Å². The van der Waals surface area contributed by atoms with Crippen LogP contribution >= 0.6 is 0 Å². The SMILES string of the molecule is Cc1nnc(C)n1CCC(=O)O. The van der Waals surface area contributed by atoms with E-state index >= 15 is 0 Å². The molecule has 5 nitrogen and oxygen atoms in total. The van der Waals surface area contributed by atoms with Crippen molar-refractivity contribution in [1.82, 2.24) is 14.8 Å². The Kier molecular flexibility index (Phi) is 2.42. The van der Waals surface area contributed by atoms with Gasteiger partial charge in [-0.3, -0.25) is 4.79 Å². The van der Waals surface area contributed by atoms with Gasteiger partial charge < -0.3 is 9.67 Å². The van der Waals surface area contributed by atoms with Gasteiger partial charge in [-0.15, -0.1) is 10.2 Å². The molecule has 1 rings (SSSR count). The molecule has 1 N–H and O–H groups in total. The lowest BCUT2D eigenvalue weighted by Crippen LogP contribution is -2.07. The molecule has 0 aliphatic heterocycles. The molecule has 0 aliphatic rings. The summed E-state index contributed by atoms with van der Waals surface area (Å²) < 4.78 is 1.79. The van der Waals surface area contributed by atoms with Gasteiger partial charge in [-0.25, -0.2) is 0 Å². The quantitative estimate of drug-likeness (QED) is 0.709. The molecular formula is C7H11N3O2. The number of hydrogen-bond acceptors (Lipinski definition) is 3. The normalized spacial score (nSPS) is 10.2. The summed E-state index contributed by atoms with van der Waals surface area (Å²) in [6, 6.07) is 0. The third-order valence-electron chi connectivity index (χ3n) is 1.67. The van der Waals surface area contributed by atoms with Crippen LogP contribution < -0.4 is 0 Å². The first-order chi connectivity index (χ1) is 5.61. The molecule has 0 atom stereocenters. The highest BCUT2D eigenvalue weighted by Crippen LogP contribution is 2.00. The number of aliphatic carboxylic acids is 1. The zero-order valence-electron chi connectivity index (χ0n) is 7.11. The van der Waals surface area contributed by atoms with E-state index in [1.165, 1.54) is 0 Å². The molecule has 0 saturated heterocycles. The fraction of sp³-hybridized carbons (Fsp3) is 0.571. The maximum absolute atomic E-state index is 10.3. The van der Waals surface area contributed by atoms with Crippen LogP contribution in [0.2, 0.25) is 0 Å². The summed E-state index contributed by atoms with van der Waals surface area (Å²) in [5, 5.41) is 16.1. The molecule has 0 spiro atoms. The molecule has 0 fully saturated rings. The van der Waals surface area contributed by atoms with E-state index in [2.05, 4.69) is 10.2 Å². The Balaban J connectivity index is 2.68. The van der Waals surface area contributed by atoms with Crippen molar-refractivity contribution in [3.05, 3.63) is 11.6 Å². The van der Waals surface area contributed by atoms with Gasteiger partial charge >= 0.3 is 5.97 Å². The summed E-state index contributed by atoms with van der Waals surface area (Å²) in [5.74, 6) is 0.713. The highest BCUT2D eigenvalue weighted by atomic mass is 16.4. The first kappa shape index (κ1) is 8.70. The van der Waals surface area contributed by atoms with Gasteiger partial charge in [0.05, 0.1) is 6.42 Å². The highest BCUT2D eigenvalue weighted by Gasteiger charge is 2.05. The summed E-state index contributed by atoms with van der Waals surface area (Å²) in [6.45, 7) is 4.06. The molecule has 12 heavy (non-hydrogen) atoms. The van der Waals surface area contributed by atoms with E-state index < -0.39 is 5.97 Å². The third-order valence-corrected chi connectivity index (χ3v) is 1.67. The molecule has 0 radical (unpaired) electrons. The smallest absolute Gasteiger partial charge is 0.305 e. The van der Waals surface area contributed by atoms with Crippen LogP contribution in [0.15, 0.2) is 0 Å². The number of aryl methyl sites for hydroxylation is 2. The lowest BCUT2D eigenvalue weighted by Gasteiger charge is -2.02. The van der Waals surface area contributed by atoms with Crippen molar-refractivity contribution in [1.29, 1.82) is 0 Å². The van der Waals surface area contributed by atoms with Crippen LogP contribution in [-0.2, 0) is 11.3 Å². The molecule has 0 saturated carbocycles. The van der Waals surface area contributed by atoms with Crippen LogP contribution in [0.1, 0.15) is 18.1 Å². The van der Waals surface area contributed by atoms with Gasteiger partial charge in [-0.2, -0.15) is 0 Å². The van der Waals surface area contributed by atoms with Gasteiger partial charge in [0, 0.05) is 6.54 Å². The van der Waals surface area contributed by atoms with Crippen molar-refractivity contribution in [3.63, 3.8) is 0 Å². The van der Waals surface area contributed by atoms with E-state index in [-0.39, 0.29) is 6.42 Å². The minimum atomic E-state index is -0.803. The van der Waals surface area contributed by atoms with E-state index in [1.807, 2.05) is 13.8 Å². The first-order valence-corrected chi connectivity index (χ1v) is 3.69. The molecule has 5 heteroatoms. The summed E-state index contributed by atoms with van der Waals surface area (Å²) in [5.41, 5.74) is 0. The average molecular weight is 169 g/mol. The molecule has 0 aliphatic carbocycles. The number of carbonyl (C=O) groups is 1. The van der Waals surface area contributed by atoms with Crippen LogP contribution in [0.25, 0.3) is 0 Å². The van der Waals surface area contributed by atoms with Crippen molar-refractivity contribution in [2.45, 2.75) is 26.8 Å². The molecule has 1 aromatic heterocycles. The largest absolute Gasteiger partial charge is 0.481 e. The highest BCUT2D eigenvalue weighted by molar-refractivity contribution is 5.66. The monoisotopic (exact) mass is 169 g/mol. The number of nitrogens with zero attached hydrogens (tertiary/aromatic N) is 3. The number of rotatable bonds is 3. The molecule has 1 heterocycles. The topological polar surface area (TPSA) is 68.0 Å². The fourth-order valence-electron chi connectivity index (χ4n) is 1.02. The van der Waals surface area contributed by atoms with Gasteiger partial charge in [-0.05, 0) is 13.8 Å². The van der Waals surface area contributed by atoms with Crippen LogP contribution in [0, 0.1) is 13.8 Å². The van der Waals surface area contributed by atoms with Crippen LogP contribution in [-0.4, -0.2) is 25.8 Å². The molecule has 0 amide bonds. The van der Waals surface area contributed by atoms with E-state index in [9.17, 15) is 4.79 Å². The van der Waals surface area contributed by atoms with Gasteiger partial charge in [0.2, 0.25) is 0 Å². The second-order valence-electron chi connectivity index (χ2n) is 2.59. The second kappa shape index (κ2) is 3.34. The van der Waals surface area contributed by atoms with E-state index in [4.69, 9.17) is 5.11 Å². The van der Waals surface area contributed by atoms with E-state index in [0.29, 0.717) is 6.54 Å². The maximum Gasteiger partial charge on any atom is 0.305 e. The molecule has 0 aromatic carbocycles. The minimum absolute atomic E-state index is 0.111. The Labute approximate surface area is 70.0 Å². The molecule has 1 aromatic rings. The summed E-state index contributed by atoms with van der Waals surface area (Å²) in [7, 11) is 0. The zero-order valence-corrected chi connectivity index (χ0v) is 7.11. The Hall–Kier alpha value is -1.39. The van der Waals surface area contributed by atoms with Crippen LogP contribution in [0.5, 0.6) is 0 Å². The molecule has 66 valence electrons. The Morgan fingerprint density at radius 3 is 2.33 bits per heavy atom. The van der Waals surface area contributed by atoms with Crippen LogP contribution in [0.4, 0.5) is 0 Å². The Morgan fingerprint density at radius 1 is 1.42 bits per heavy atom. The first-order valence-electron chi connectivity index (χ1n) is 3.69. The van der Waals surface area contributed by atoms with Crippen molar-refractivity contribution in [2.24, 2.45) is 0 Å². The predicted molar refractivity (Wildman–Crippen MR) is 41.7 cm³/mol. The van der Waals surface area contributed by atoms with Crippen molar-refractivity contribution in [2.75, 3.05) is 0 Å². The van der Waals surface area contributed by atoms with E-state index in [1.54, 1.807) is 4.57 Å². The Morgan fingerprint density at radius 2 is 1.92 bits per heavy atom. The van der Waals surface area contributed by atoms with Gasteiger partial charge in [0.25, 0.3) is 0 Å². The number of aromatic nitrogens is 3. The standard InChI is InChI=1S/C7H11N3O2/c1-5-8-9-6(2)10(5)4-3-7(11)12/h3-4H2,1-2H3,(H,11,12). The molecule has 0 bridgehead atoms. The minimum Gasteiger partial charge on any atom is -0.481 e. The molecule has 0 unspecified atom stereocenters. The lowest BCUT2D eigenvalue weighted by atomic mass is 10.4. The number of hydrogen-bond donors (Lipinski definition) is 1.